The number of hydrogen-bond acceptors (Lipinski definition) is 3. The predicted molar refractivity (Wildman–Crippen MR) is 101 cm³/mol. The maximum Gasteiger partial charge on any atom is 0.308 e. The smallest absolute Gasteiger partial charge is 0.308 e. The van der Waals surface area contributed by atoms with E-state index in [1.54, 1.807) is 6.07 Å². The fourth-order valence-electron chi connectivity index (χ4n) is 4.63. The van der Waals surface area contributed by atoms with Crippen LogP contribution in [0.1, 0.15) is 55.8 Å². The largest absolute Gasteiger partial charge is 0.427 e. The lowest BCUT2D eigenvalue weighted by Gasteiger charge is -2.44. The second kappa shape index (κ2) is 7.10. The molecule has 1 heterocycles. The van der Waals surface area contributed by atoms with Crippen molar-refractivity contribution in [1.29, 1.82) is 0 Å². The summed E-state index contributed by atoms with van der Waals surface area (Å²) in [6.45, 7) is 2.27. The maximum absolute atomic E-state index is 13.2. The van der Waals surface area contributed by atoms with E-state index in [4.69, 9.17) is 4.74 Å². The molecule has 0 radical (unpaired) electrons. The zero-order chi connectivity index (χ0) is 18.1. The van der Waals surface area contributed by atoms with Crippen LogP contribution in [0.5, 0.6) is 5.75 Å². The van der Waals surface area contributed by atoms with Gasteiger partial charge in [0.05, 0.1) is 0 Å². The molecular formula is C22H25NO3. The first-order valence-electron chi connectivity index (χ1n) is 9.65. The predicted octanol–water partition coefficient (Wildman–Crippen LogP) is 4.56. The highest BCUT2D eigenvalue weighted by Gasteiger charge is 2.35. The van der Waals surface area contributed by atoms with Gasteiger partial charge >= 0.3 is 5.97 Å². The highest BCUT2D eigenvalue weighted by molar-refractivity contribution is 5.99. The highest BCUT2D eigenvalue weighted by Crippen LogP contribution is 2.36. The van der Waals surface area contributed by atoms with E-state index in [0.29, 0.717) is 17.7 Å². The lowest BCUT2D eigenvalue weighted by molar-refractivity contribution is -0.131. The van der Waals surface area contributed by atoms with Crippen LogP contribution >= 0.6 is 0 Å². The second-order valence-electron chi connectivity index (χ2n) is 7.57. The van der Waals surface area contributed by atoms with Gasteiger partial charge in [-0.05, 0) is 66.6 Å². The summed E-state index contributed by atoms with van der Waals surface area (Å²) in [7, 11) is 0. The number of piperidine rings is 1. The number of carbonyl (C=O) groups is 2. The van der Waals surface area contributed by atoms with Crippen molar-refractivity contribution in [2.75, 3.05) is 6.54 Å². The summed E-state index contributed by atoms with van der Waals surface area (Å²) < 4.78 is 5.14. The number of carbonyl (C=O) groups excluding carboxylic acids is 2. The number of fused-ring (bicyclic) bond motifs is 2. The Morgan fingerprint density at radius 2 is 1.69 bits per heavy atom. The first kappa shape index (κ1) is 17.1. The van der Waals surface area contributed by atoms with E-state index in [1.807, 2.05) is 30.3 Å². The summed E-state index contributed by atoms with van der Waals surface area (Å²) in [4.78, 5) is 26.4. The Hall–Kier alpha value is -2.36. The van der Waals surface area contributed by atoms with Crippen LogP contribution in [-0.4, -0.2) is 29.4 Å². The molecule has 0 aromatic heterocycles. The Bertz CT molecular complexity index is 842. The molecule has 1 aliphatic carbocycles. The summed E-state index contributed by atoms with van der Waals surface area (Å²) in [6, 6.07) is 11.7. The molecule has 4 nitrogen and oxygen atoms in total. The van der Waals surface area contributed by atoms with Gasteiger partial charge in [0, 0.05) is 25.1 Å². The quantitative estimate of drug-likeness (QED) is 0.588. The molecule has 0 unspecified atom stereocenters. The van der Waals surface area contributed by atoms with Crippen molar-refractivity contribution in [2.24, 2.45) is 5.92 Å². The number of rotatable bonds is 2. The molecular weight excluding hydrogens is 326 g/mol. The van der Waals surface area contributed by atoms with E-state index in [2.05, 4.69) is 4.90 Å². The van der Waals surface area contributed by atoms with Gasteiger partial charge in [-0.15, -0.1) is 0 Å². The number of esters is 1. The first-order valence-corrected chi connectivity index (χ1v) is 9.65. The Balaban J connectivity index is 1.59. The maximum atomic E-state index is 13.2. The summed E-state index contributed by atoms with van der Waals surface area (Å²) in [6.07, 6.45) is 7.35. The van der Waals surface area contributed by atoms with Crippen LogP contribution in [0.15, 0.2) is 36.4 Å². The monoisotopic (exact) mass is 351 g/mol. The van der Waals surface area contributed by atoms with Crippen LogP contribution in [0.3, 0.4) is 0 Å². The molecule has 2 atom stereocenters. The summed E-state index contributed by atoms with van der Waals surface area (Å²) in [5.74, 6) is 1.05. The van der Waals surface area contributed by atoms with E-state index in [9.17, 15) is 9.59 Å². The van der Waals surface area contributed by atoms with Crippen LogP contribution in [0.4, 0.5) is 0 Å². The van der Waals surface area contributed by atoms with E-state index in [-0.39, 0.29) is 11.9 Å². The lowest BCUT2D eigenvalue weighted by Crippen LogP contribution is -2.49. The van der Waals surface area contributed by atoms with Gasteiger partial charge in [-0.1, -0.05) is 25.0 Å². The third-order valence-corrected chi connectivity index (χ3v) is 5.82. The fourth-order valence-corrected chi connectivity index (χ4v) is 4.63. The molecule has 1 aliphatic heterocycles. The third kappa shape index (κ3) is 3.33. The SMILES string of the molecule is CC(=O)Oc1ccc2cc(C(=O)N3CCC[C@H]4CCCC[C@@H]43)ccc2c1. The van der Waals surface area contributed by atoms with Gasteiger partial charge in [0.15, 0.2) is 0 Å². The number of benzene rings is 2. The van der Waals surface area contributed by atoms with Crippen molar-refractivity contribution in [3.63, 3.8) is 0 Å². The lowest BCUT2D eigenvalue weighted by atomic mass is 9.78. The molecule has 4 rings (SSSR count). The van der Waals surface area contributed by atoms with Gasteiger partial charge in [-0.3, -0.25) is 9.59 Å². The van der Waals surface area contributed by atoms with Gasteiger partial charge in [-0.2, -0.15) is 0 Å². The highest BCUT2D eigenvalue weighted by atomic mass is 16.5. The second-order valence-corrected chi connectivity index (χ2v) is 7.57. The third-order valence-electron chi connectivity index (χ3n) is 5.82. The summed E-state index contributed by atoms with van der Waals surface area (Å²) >= 11 is 0. The molecule has 0 N–H and O–H groups in total. The molecule has 1 amide bonds. The van der Waals surface area contributed by atoms with Crippen LogP contribution in [0.2, 0.25) is 0 Å². The number of hydrogen-bond donors (Lipinski definition) is 0. The average molecular weight is 351 g/mol. The van der Waals surface area contributed by atoms with Gasteiger partial charge in [0.2, 0.25) is 0 Å². The van der Waals surface area contributed by atoms with E-state index in [1.165, 1.54) is 32.6 Å². The topological polar surface area (TPSA) is 46.6 Å². The number of amides is 1. The normalized spacial score (nSPS) is 22.7. The molecule has 4 heteroatoms. The van der Waals surface area contributed by atoms with Crippen molar-refractivity contribution in [3.05, 3.63) is 42.0 Å². The minimum Gasteiger partial charge on any atom is -0.427 e. The van der Waals surface area contributed by atoms with E-state index >= 15 is 0 Å². The number of likely N-dealkylation sites (tertiary alicyclic amines) is 1. The molecule has 26 heavy (non-hydrogen) atoms. The Morgan fingerprint density at radius 3 is 2.54 bits per heavy atom. The van der Waals surface area contributed by atoms with Crippen LogP contribution in [-0.2, 0) is 4.79 Å². The van der Waals surface area contributed by atoms with Crippen molar-refractivity contribution >= 4 is 22.6 Å². The minimum absolute atomic E-state index is 0.160. The van der Waals surface area contributed by atoms with E-state index < -0.39 is 0 Å². The summed E-state index contributed by atoms with van der Waals surface area (Å²) in [5, 5.41) is 1.96. The van der Waals surface area contributed by atoms with Crippen molar-refractivity contribution in [1.82, 2.24) is 4.90 Å². The molecule has 2 aromatic rings. The molecule has 0 bridgehead atoms. The molecule has 2 aliphatic rings. The standard InChI is InChI=1S/C22H25NO3/c1-15(24)26-20-11-10-17-13-19(9-8-18(17)14-20)22(25)23-12-4-6-16-5-2-3-7-21(16)23/h8-11,13-14,16,21H,2-7,12H2,1H3/t16-,21+/m1/s1. The average Bonchev–Trinajstić information content (AvgIpc) is 2.66. The van der Waals surface area contributed by atoms with Crippen LogP contribution < -0.4 is 4.74 Å². The Labute approximate surface area is 154 Å². The first-order chi connectivity index (χ1) is 12.6. The van der Waals surface area contributed by atoms with Crippen LogP contribution in [0, 0.1) is 5.92 Å². The zero-order valence-electron chi connectivity index (χ0n) is 15.2. The number of ether oxygens (including phenoxy) is 1. The van der Waals surface area contributed by atoms with Gasteiger partial charge in [0.25, 0.3) is 5.91 Å². The number of nitrogens with zero attached hydrogens (tertiary/aromatic N) is 1. The minimum atomic E-state index is -0.330. The summed E-state index contributed by atoms with van der Waals surface area (Å²) in [5.41, 5.74) is 0.754. The Kier molecular flexibility index (Phi) is 4.66. The van der Waals surface area contributed by atoms with Gasteiger partial charge in [0.1, 0.15) is 5.75 Å². The zero-order valence-corrected chi connectivity index (χ0v) is 15.2. The van der Waals surface area contributed by atoms with Crippen molar-refractivity contribution < 1.29 is 14.3 Å². The van der Waals surface area contributed by atoms with Gasteiger partial charge < -0.3 is 9.64 Å². The van der Waals surface area contributed by atoms with Crippen molar-refractivity contribution in [3.8, 4) is 5.75 Å². The molecule has 136 valence electrons. The molecule has 1 saturated heterocycles. The van der Waals surface area contributed by atoms with E-state index in [0.717, 1.165) is 35.7 Å². The molecule has 2 fully saturated rings. The van der Waals surface area contributed by atoms with Gasteiger partial charge in [-0.25, -0.2) is 0 Å². The molecule has 2 aromatic carbocycles. The molecule has 1 saturated carbocycles. The Morgan fingerprint density at radius 1 is 0.962 bits per heavy atom. The van der Waals surface area contributed by atoms with Crippen molar-refractivity contribution in [2.45, 2.75) is 51.5 Å². The van der Waals surface area contributed by atoms with Crippen LogP contribution in [0.25, 0.3) is 10.8 Å². The fraction of sp³-hybridized carbons (Fsp3) is 0.455. The molecule has 0 spiro atoms.